The highest BCUT2D eigenvalue weighted by Gasteiger charge is 2.17. The number of para-hydroxylation sites is 1. The summed E-state index contributed by atoms with van der Waals surface area (Å²) in [4.78, 5) is 3.86. The first kappa shape index (κ1) is 10.4. The van der Waals surface area contributed by atoms with Crippen LogP contribution in [0, 0.1) is 0 Å². The quantitative estimate of drug-likeness (QED) is 0.806. The third-order valence-corrected chi connectivity index (χ3v) is 2.29. The van der Waals surface area contributed by atoms with Crippen LogP contribution in [-0.4, -0.2) is 29.4 Å². The smallest absolute Gasteiger partial charge is 0.259 e. The Balaban J connectivity index is 2.90. The molecule has 84 valence electrons. The molecule has 16 heavy (non-hydrogen) atoms. The Morgan fingerprint density at radius 2 is 1.75 bits per heavy atom. The molecule has 0 saturated heterocycles. The average molecular weight is 221 g/mol. The molecule has 1 aromatic carbocycles. The number of hydrogen-bond acceptors (Lipinski definition) is 5. The van der Waals surface area contributed by atoms with Gasteiger partial charge in [0.1, 0.15) is 11.3 Å². The summed E-state index contributed by atoms with van der Waals surface area (Å²) >= 11 is 0. The van der Waals surface area contributed by atoms with Crippen LogP contribution < -0.4 is 9.47 Å². The number of methoxy groups -OCH3 is 2. The van der Waals surface area contributed by atoms with Gasteiger partial charge in [-0.05, 0) is 12.1 Å². The number of hydrogen-bond donors (Lipinski definition) is 2. The number of phenols is 1. The molecule has 0 aliphatic carbocycles. The third-order valence-electron chi connectivity index (χ3n) is 2.29. The van der Waals surface area contributed by atoms with Crippen molar-refractivity contribution in [3.8, 4) is 23.1 Å². The SMILES string of the molecule is COc1c(O)nc2c(O)cccc2c1OC. The molecule has 0 saturated carbocycles. The highest BCUT2D eigenvalue weighted by Crippen LogP contribution is 2.42. The zero-order chi connectivity index (χ0) is 11.7. The van der Waals surface area contributed by atoms with Gasteiger partial charge in [-0.3, -0.25) is 0 Å². The average Bonchev–Trinajstić information content (AvgIpc) is 2.28. The van der Waals surface area contributed by atoms with E-state index in [0.29, 0.717) is 11.1 Å². The highest BCUT2D eigenvalue weighted by atomic mass is 16.5. The van der Waals surface area contributed by atoms with Crippen molar-refractivity contribution < 1.29 is 19.7 Å². The number of ether oxygens (including phenoxy) is 2. The standard InChI is InChI=1S/C11H11NO4/c1-15-9-6-4-3-5-7(13)8(6)12-11(14)10(9)16-2/h3-5,13H,1-2H3,(H,12,14). The van der Waals surface area contributed by atoms with Crippen molar-refractivity contribution in [2.75, 3.05) is 14.2 Å². The summed E-state index contributed by atoms with van der Waals surface area (Å²) in [5.74, 6) is 0.170. The normalized spacial score (nSPS) is 10.4. The lowest BCUT2D eigenvalue weighted by Crippen LogP contribution is -1.94. The number of nitrogens with zero attached hydrogens (tertiary/aromatic N) is 1. The van der Waals surface area contributed by atoms with Gasteiger partial charge in [-0.15, -0.1) is 0 Å². The Hall–Kier alpha value is -2.17. The van der Waals surface area contributed by atoms with E-state index in [-0.39, 0.29) is 22.9 Å². The van der Waals surface area contributed by atoms with Crippen LogP contribution >= 0.6 is 0 Å². The van der Waals surface area contributed by atoms with E-state index in [1.54, 1.807) is 12.1 Å². The number of fused-ring (bicyclic) bond motifs is 1. The van der Waals surface area contributed by atoms with Crippen molar-refractivity contribution >= 4 is 10.9 Å². The van der Waals surface area contributed by atoms with E-state index in [2.05, 4.69) is 4.98 Å². The molecule has 2 N–H and O–H groups in total. The van der Waals surface area contributed by atoms with Crippen LogP contribution in [0.5, 0.6) is 23.1 Å². The predicted molar refractivity (Wildman–Crippen MR) is 58.2 cm³/mol. The lowest BCUT2D eigenvalue weighted by Gasteiger charge is -2.11. The first-order valence-electron chi connectivity index (χ1n) is 4.61. The molecular formula is C11H11NO4. The zero-order valence-electron chi connectivity index (χ0n) is 8.89. The molecule has 5 nitrogen and oxygen atoms in total. The van der Waals surface area contributed by atoms with Crippen molar-refractivity contribution in [1.82, 2.24) is 4.98 Å². The summed E-state index contributed by atoms with van der Waals surface area (Å²) in [7, 11) is 2.87. The first-order valence-corrected chi connectivity index (χ1v) is 4.61. The van der Waals surface area contributed by atoms with Crippen LogP contribution in [0.3, 0.4) is 0 Å². The van der Waals surface area contributed by atoms with Crippen molar-refractivity contribution in [2.24, 2.45) is 0 Å². The van der Waals surface area contributed by atoms with Crippen molar-refractivity contribution in [3.05, 3.63) is 18.2 Å². The molecule has 2 rings (SSSR count). The Kier molecular flexibility index (Phi) is 2.44. The van der Waals surface area contributed by atoms with E-state index in [0.717, 1.165) is 0 Å². The molecule has 0 bridgehead atoms. The first-order chi connectivity index (χ1) is 7.69. The molecule has 0 unspecified atom stereocenters. The topological polar surface area (TPSA) is 71.8 Å². The lowest BCUT2D eigenvalue weighted by molar-refractivity contribution is 0.329. The maximum atomic E-state index is 9.62. The number of phenolic OH excluding ortho intramolecular Hbond substituents is 1. The van der Waals surface area contributed by atoms with E-state index in [1.807, 2.05) is 0 Å². The monoisotopic (exact) mass is 221 g/mol. The number of aromatic nitrogens is 1. The Morgan fingerprint density at radius 3 is 2.38 bits per heavy atom. The molecule has 0 amide bonds. The van der Waals surface area contributed by atoms with Crippen molar-refractivity contribution in [1.29, 1.82) is 0 Å². The van der Waals surface area contributed by atoms with Crippen LogP contribution in [0.25, 0.3) is 10.9 Å². The summed E-state index contributed by atoms with van der Waals surface area (Å²) in [5.41, 5.74) is 0.276. The molecule has 0 aliphatic heterocycles. The summed E-state index contributed by atoms with van der Waals surface area (Å²) in [6, 6.07) is 4.88. The van der Waals surface area contributed by atoms with Gasteiger partial charge in [0.2, 0.25) is 5.75 Å². The summed E-state index contributed by atoms with van der Waals surface area (Å²) < 4.78 is 10.1. The van der Waals surface area contributed by atoms with Crippen LogP contribution in [0.4, 0.5) is 0 Å². The van der Waals surface area contributed by atoms with Crippen LogP contribution in [0.2, 0.25) is 0 Å². The molecule has 0 radical (unpaired) electrons. The highest BCUT2D eigenvalue weighted by molar-refractivity contribution is 5.92. The minimum absolute atomic E-state index is 0.0197. The Labute approximate surface area is 91.9 Å². The van der Waals surface area contributed by atoms with E-state index < -0.39 is 0 Å². The Bertz CT molecular complexity index is 539. The van der Waals surface area contributed by atoms with E-state index >= 15 is 0 Å². The zero-order valence-corrected chi connectivity index (χ0v) is 8.89. The number of benzene rings is 1. The van der Waals surface area contributed by atoms with Gasteiger partial charge in [0, 0.05) is 0 Å². The second-order valence-corrected chi connectivity index (χ2v) is 3.18. The van der Waals surface area contributed by atoms with E-state index in [4.69, 9.17) is 9.47 Å². The van der Waals surface area contributed by atoms with Gasteiger partial charge in [0.15, 0.2) is 5.75 Å². The molecule has 0 spiro atoms. The number of rotatable bonds is 2. The lowest BCUT2D eigenvalue weighted by atomic mass is 10.2. The van der Waals surface area contributed by atoms with Gasteiger partial charge in [-0.1, -0.05) is 6.07 Å². The van der Waals surface area contributed by atoms with Crippen LogP contribution in [-0.2, 0) is 0 Å². The van der Waals surface area contributed by atoms with E-state index in [9.17, 15) is 10.2 Å². The summed E-state index contributed by atoms with van der Waals surface area (Å²) in [5, 5.41) is 19.8. The molecule has 1 heterocycles. The number of pyridine rings is 1. The van der Waals surface area contributed by atoms with Gasteiger partial charge in [-0.2, -0.15) is 0 Å². The molecule has 0 atom stereocenters. The fourth-order valence-electron chi connectivity index (χ4n) is 1.60. The van der Waals surface area contributed by atoms with Crippen molar-refractivity contribution in [2.45, 2.75) is 0 Å². The number of aromatic hydroxyl groups is 2. The predicted octanol–water partition coefficient (Wildman–Crippen LogP) is 1.66. The van der Waals surface area contributed by atoms with Crippen LogP contribution in [0.1, 0.15) is 0 Å². The maximum absolute atomic E-state index is 9.62. The van der Waals surface area contributed by atoms with Gasteiger partial charge in [0.05, 0.1) is 19.6 Å². The fraction of sp³-hybridized carbons (Fsp3) is 0.182. The third kappa shape index (κ3) is 1.37. The van der Waals surface area contributed by atoms with Gasteiger partial charge in [-0.25, -0.2) is 4.98 Å². The maximum Gasteiger partial charge on any atom is 0.259 e. The minimum atomic E-state index is -0.312. The Morgan fingerprint density at radius 1 is 1.06 bits per heavy atom. The van der Waals surface area contributed by atoms with Gasteiger partial charge < -0.3 is 19.7 Å². The van der Waals surface area contributed by atoms with Gasteiger partial charge >= 0.3 is 0 Å². The molecule has 0 fully saturated rings. The minimum Gasteiger partial charge on any atom is -0.506 e. The molecule has 0 aliphatic rings. The van der Waals surface area contributed by atoms with Crippen LogP contribution in [0.15, 0.2) is 18.2 Å². The van der Waals surface area contributed by atoms with Gasteiger partial charge in [0.25, 0.3) is 5.88 Å². The second kappa shape index (κ2) is 3.77. The molecular weight excluding hydrogens is 210 g/mol. The largest absolute Gasteiger partial charge is 0.506 e. The van der Waals surface area contributed by atoms with Crippen molar-refractivity contribution in [3.63, 3.8) is 0 Å². The summed E-state index contributed by atoms with van der Waals surface area (Å²) in [6.45, 7) is 0. The fourth-order valence-corrected chi connectivity index (χ4v) is 1.60. The molecule has 5 heteroatoms. The molecule has 1 aromatic heterocycles. The van der Waals surface area contributed by atoms with E-state index in [1.165, 1.54) is 20.3 Å². The molecule has 2 aromatic rings. The second-order valence-electron chi connectivity index (χ2n) is 3.18. The summed E-state index contributed by atoms with van der Waals surface area (Å²) in [6.07, 6.45) is 0.